The summed E-state index contributed by atoms with van der Waals surface area (Å²) in [5.41, 5.74) is 1.73. The predicted molar refractivity (Wildman–Crippen MR) is 82.0 cm³/mol. The molecule has 5 heteroatoms. The Bertz CT molecular complexity index is 1070. The van der Waals surface area contributed by atoms with E-state index in [0.717, 1.165) is 10.8 Å². The molecule has 2 aromatic heterocycles. The number of H-pyrrole nitrogens is 1. The van der Waals surface area contributed by atoms with Crippen LogP contribution in [0.3, 0.4) is 0 Å². The third-order valence-corrected chi connectivity index (χ3v) is 3.57. The highest BCUT2D eigenvalue weighted by atomic mass is 16.4. The highest BCUT2D eigenvalue weighted by molar-refractivity contribution is 6.15. The second-order valence-electron chi connectivity index (χ2n) is 4.94. The third kappa shape index (κ3) is 1.91. The number of rotatable bonds is 2. The number of aromatic amines is 1. The molecule has 0 spiro atoms. The van der Waals surface area contributed by atoms with Gasteiger partial charge in [-0.15, -0.1) is 0 Å². The number of nitrogens with one attached hydrogen (secondary N) is 1. The number of hydrogen-bond acceptors (Lipinski definition) is 4. The van der Waals surface area contributed by atoms with Gasteiger partial charge in [0.2, 0.25) is 5.78 Å². The van der Waals surface area contributed by atoms with Gasteiger partial charge in [0.15, 0.2) is 5.58 Å². The molecule has 0 radical (unpaired) electrons. The van der Waals surface area contributed by atoms with Crippen LogP contribution in [0.15, 0.2) is 63.9 Å². The summed E-state index contributed by atoms with van der Waals surface area (Å²) in [4.78, 5) is 30.7. The zero-order valence-electron chi connectivity index (χ0n) is 11.4. The fraction of sp³-hybridized carbons (Fsp3) is 0. The summed E-state index contributed by atoms with van der Waals surface area (Å²) in [6.07, 6.45) is 1.62. The largest absolute Gasteiger partial charge is 0.417 e. The Balaban J connectivity index is 1.89. The summed E-state index contributed by atoms with van der Waals surface area (Å²) in [5, 5.41) is 1.75. The zero-order chi connectivity index (χ0) is 15.1. The van der Waals surface area contributed by atoms with E-state index in [0.29, 0.717) is 22.4 Å². The van der Waals surface area contributed by atoms with Gasteiger partial charge in [-0.3, -0.25) is 14.8 Å². The SMILES string of the molecule is O=C(c1ccc2[nH]c(=O)oc2c1)c1nccc2ccccc12. The number of carbonyl (C=O) groups is 1. The summed E-state index contributed by atoms with van der Waals surface area (Å²) in [5.74, 6) is -0.745. The molecule has 4 rings (SSSR count). The Morgan fingerprint density at radius 3 is 2.86 bits per heavy atom. The van der Waals surface area contributed by atoms with E-state index in [1.54, 1.807) is 24.4 Å². The Kier molecular flexibility index (Phi) is 2.66. The predicted octanol–water partition coefficient (Wildman–Crippen LogP) is 2.90. The van der Waals surface area contributed by atoms with Crippen molar-refractivity contribution in [1.82, 2.24) is 9.97 Å². The van der Waals surface area contributed by atoms with Gasteiger partial charge in [-0.05, 0) is 29.7 Å². The average Bonchev–Trinajstić information content (AvgIpc) is 2.92. The van der Waals surface area contributed by atoms with E-state index in [1.807, 2.05) is 30.3 Å². The van der Waals surface area contributed by atoms with Crippen molar-refractivity contribution in [3.8, 4) is 0 Å². The summed E-state index contributed by atoms with van der Waals surface area (Å²) in [6.45, 7) is 0. The van der Waals surface area contributed by atoms with Crippen LogP contribution >= 0.6 is 0 Å². The van der Waals surface area contributed by atoms with E-state index in [2.05, 4.69) is 9.97 Å². The van der Waals surface area contributed by atoms with Crippen molar-refractivity contribution in [3.63, 3.8) is 0 Å². The lowest BCUT2D eigenvalue weighted by molar-refractivity contribution is 0.103. The summed E-state index contributed by atoms with van der Waals surface area (Å²) >= 11 is 0. The molecule has 2 aromatic carbocycles. The van der Waals surface area contributed by atoms with Crippen LogP contribution in [-0.4, -0.2) is 15.8 Å². The van der Waals surface area contributed by atoms with E-state index < -0.39 is 5.76 Å². The van der Waals surface area contributed by atoms with Crippen molar-refractivity contribution in [2.24, 2.45) is 0 Å². The van der Waals surface area contributed by atoms with Gasteiger partial charge < -0.3 is 4.42 Å². The normalized spacial score (nSPS) is 11.1. The van der Waals surface area contributed by atoms with Crippen molar-refractivity contribution >= 4 is 27.7 Å². The molecule has 0 aliphatic heterocycles. The fourth-order valence-electron chi connectivity index (χ4n) is 2.52. The Labute approximate surface area is 124 Å². The molecule has 4 aromatic rings. The Morgan fingerprint density at radius 2 is 1.95 bits per heavy atom. The summed E-state index contributed by atoms with van der Waals surface area (Å²) in [7, 11) is 0. The number of ketones is 1. The first-order valence-electron chi connectivity index (χ1n) is 6.74. The highest BCUT2D eigenvalue weighted by Gasteiger charge is 2.15. The lowest BCUT2D eigenvalue weighted by atomic mass is 10.0. The second-order valence-corrected chi connectivity index (χ2v) is 4.94. The van der Waals surface area contributed by atoms with Crippen LogP contribution in [-0.2, 0) is 0 Å². The maximum atomic E-state index is 12.7. The first kappa shape index (κ1) is 12.5. The molecule has 0 aliphatic rings. The number of hydrogen-bond donors (Lipinski definition) is 1. The van der Waals surface area contributed by atoms with E-state index in [4.69, 9.17) is 4.42 Å². The van der Waals surface area contributed by atoms with Crippen molar-refractivity contribution in [3.05, 3.63) is 76.5 Å². The van der Waals surface area contributed by atoms with Crippen molar-refractivity contribution in [2.75, 3.05) is 0 Å². The monoisotopic (exact) mass is 290 g/mol. The second kappa shape index (κ2) is 4.66. The number of fused-ring (bicyclic) bond motifs is 2. The number of pyridine rings is 1. The number of nitrogens with zero attached hydrogens (tertiary/aromatic N) is 1. The lowest BCUT2D eigenvalue weighted by Gasteiger charge is -2.04. The molecule has 0 unspecified atom stereocenters. The molecule has 0 amide bonds. The van der Waals surface area contributed by atoms with Gasteiger partial charge in [-0.25, -0.2) is 4.79 Å². The minimum Gasteiger partial charge on any atom is -0.408 e. The van der Waals surface area contributed by atoms with Gasteiger partial charge in [0.1, 0.15) is 5.69 Å². The van der Waals surface area contributed by atoms with Crippen molar-refractivity contribution in [1.29, 1.82) is 0 Å². The minimum atomic E-state index is -0.539. The van der Waals surface area contributed by atoms with Gasteiger partial charge in [-0.2, -0.15) is 0 Å². The Morgan fingerprint density at radius 1 is 1.09 bits per heavy atom. The molecule has 5 nitrogen and oxygen atoms in total. The number of aromatic nitrogens is 2. The van der Waals surface area contributed by atoms with Crippen molar-refractivity contribution in [2.45, 2.75) is 0 Å². The topological polar surface area (TPSA) is 76.0 Å². The van der Waals surface area contributed by atoms with Crippen LogP contribution in [0.4, 0.5) is 0 Å². The van der Waals surface area contributed by atoms with Crippen LogP contribution < -0.4 is 5.76 Å². The quantitative estimate of drug-likeness (QED) is 0.576. The van der Waals surface area contributed by atoms with E-state index >= 15 is 0 Å². The maximum Gasteiger partial charge on any atom is 0.417 e. The number of oxazole rings is 1. The molecule has 22 heavy (non-hydrogen) atoms. The molecular formula is C17H10N2O3. The van der Waals surface area contributed by atoms with Gasteiger partial charge >= 0.3 is 5.76 Å². The molecule has 0 atom stereocenters. The molecule has 0 saturated carbocycles. The van der Waals surface area contributed by atoms with Crippen LogP contribution in [0.25, 0.3) is 21.9 Å². The Hall–Kier alpha value is -3.21. The fourth-order valence-corrected chi connectivity index (χ4v) is 2.52. The molecule has 0 bridgehead atoms. The first-order valence-corrected chi connectivity index (χ1v) is 6.74. The molecule has 0 aliphatic carbocycles. The van der Waals surface area contributed by atoms with Crippen LogP contribution in [0.1, 0.15) is 16.1 Å². The van der Waals surface area contributed by atoms with Crippen LogP contribution in [0, 0.1) is 0 Å². The van der Waals surface area contributed by atoms with E-state index in [9.17, 15) is 9.59 Å². The standard InChI is InChI=1S/C17H10N2O3/c20-16(11-5-6-13-14(9-11)22-17(21)19-13)15-12-4-2-1-3-10(12)7-8-18-15/h1-9H,(H,19,21). The number of benzene rings is 2. The maximum absolute atomic E-state index is 12.7. The minimum absolute atomic E-state index is 0.206. The molecule has 2 heterocycles. The summed E-state index contributed by atoms with van der Waals surface area (Å²) in [6, 6.07) is 14.3. The van der Waals surface area contributed by atoms with Gasteiger partial charge in [-0.1, -0.05) is 24.3 Å². The highest BCUT2D eigenvalue weighted by Crippen LogP contribution is 2.21. The molecular weight excluding hydrogens is 280 g/mol. The average molecular weight is 290 g/mol. The molecule has 0 fully saturated rings. The van der Waals surface area contributed by atoms with Gasteiger partial charge in [0.05, 0.1) is 5.52 Å². The third-order valence-electron chi connectivity index (χ3n) is 3.57. The van der Waals surface area contributed by atoms with Crippen molar-refractivity contribution < 1.29 is 9.21 Å². The van der Waals surface area contributed by atoms with E-state index in [1.165, 1.54) is 0 Å². The van der Waals surface area contributed by atoms with Crippen LogP contribution in [0.5, 0.6) is 0 Å². The summed E-state index contributed by atoms with van der Waals surface area (Å²) < 4.78 is 5.00. The van der Waals surface area contributed by atoms with Gasteiger partial charge in [0, 0.05) is 17.1 Å². The van der Waals surface area contributed by atoms with Gasteiger partial charge in [0.25, 0.3) is 0 Å². The number of carbonyl (C=O) groups excluding carboxylic acids is 1. The molecule has 1 N–H and O–H groups in total. The van der Waals surface area contributed by atoms with E-state index in [-0.39, 0.29) is 5.78 Å². The molecule has 106 valence electrons. The van der Waals surface area contributed by atoms with Crippen LogP contribution in [0.2, 0.25) is 0 Å². The molecule has 0 saturated heterocycles. The first-order chi connectivity index (χ1) is 10.7. The smallest absolute Gasteiger partial charge is 0.408 e. The zero-order valence-corrected chi connectivity index (χ0v) is 11.4. The lowest BCUT2D eigenvalue weighted by Crippen LogP contribution is -2.04.